The summed E-state index contributed by atoms with van der Waals surface area (Å²) >= 11 is 1.65. The molecule has 1 amide bonds. The summed E-state index contributed by atoms with van der Waals surface area (Å²) in [5.74, 6) is 1.88. The van der Waals surface area contributed by atoms with Gasteiger partial charge in [0.2, 0.25) is 5.91 Å². The summed E-state index contributed by atoms with van der Waals surface area (Å²) < 4.78 is 5.50. The molecule has 2 aliphatic heterocycles. The van der Waals surface area contributed by atoms with E-state index < -0.39 is 0 Å². The van der Waals surface area contributed by atoms with E-state index in [9.17, 15) is 9.59 Å². The molecule has 0 aromatic heterocycles. The van der Waals surface area contributed by atoms with Gasteiger partial charge in [0.25, 0.3) is 0 Å². The molecule has 0 N–H and O–H groups in total. The predicted octanol–water partition coefficient (Wildman–Crippen LogP) is 1.09. The topological polar surface area (TPSA) is 46.6 Å². The standard InChI is InChI=1S/C12H19NO3S/c14-10-3-5-13(6-4-10)12(15)9-17-8-11-2-1-7-16-11/h11H,1-9H2. The molecule has 2 saturated heterocycles. The summed E-state index contributed by atoms with van der Waals surface area (Å²) in [5, 5.41) is 0. The number of amides is 1. The zero-order valence-electron chi connectivity index (χ0n) is 10.0. The highest BCUT2D eigenvalue weighted by molar-refractivity contribution is 7.99. The van der Waals surface area contributed by atoms with Gasteiger partial charge in [0.05, 0.1) is 11.9 Å². The molecule has 4 nitrogen and oxygen atoms in total. The van der Waals surface area contributed by atoms with Crippen LogP contribution in [0.1, 0.15) is 25.7 Å². The van der Waals surface area contributed by atoms with Crippen LogP contribution in [0.3, 0.4) is 0 Å². The molecular weight excluding hydrogens is 238 g/mol. The maximum absolute atomic E-state index is 11.8. The molecule has 0 spiro atoms. The van der Waals surface area contributed by atoms with Crippen LogP contribution in [0.15, 0.2) is 0 Å². The Balaban J connectivity index is 1.61. The Morgan fingerprint density at radius 3 is 2.82 bits per heavy atom. The minimum Gasteiger partial charge on any atom is -0.377 e. The summed E-state index contributed by atoms with van der Waals surface area (Å²) in [6, 6.07) is 0. The molecule has 1 unspecified atom stereocenters. The predicted molar refractivity (Wildman–Crippen MR) is 67.1 cm³/mol. The monoisotopic (exact) mass is 257 g/mol. The minimum absolute atomic E-state index is 0.167. The van der Waals surface area contributed by atoms with Crippen LogP contribution in [0.4, 0.5) is 0 Å². The van der Waals surface area contributed by atoms with E-state index in [4.69, 9.17) is 4.74 Å². The normalized spacial score (nSPS) is 25.3. The molecular formula is C12H19NO3S. The number of carbonyl (C=O) groups excluding carboxylic acids is 2. The minimum atomic E-state index is 0.167. The zero-order chi connectivity index (χ0) is 12.1. The Morgan fingerprint density at radius 2 is 2.18 bits per heavy atom. The molecule has 0 aromatic carbocycles. The molecule has 0 aliphatic carbocycles. The Kier molecular flexibility index (Phi) is 4.86. The largest absolute Gasteiger partial charge is 0.377 e. The smallest absolute Gasteiger partial charge is 0.232 e. The van der Waals surface area contributed by atoms with Gasteiger partial charge in [-0.25, -0.2) is 0 Å². The van der Waals surface area contributed by atoms with Crippen LogP contribution in [0, 0.1) is 0 Å². The first-order valence-corrected chi connectivity index (χ1v) is 7.40. The maximum atomic E-state index is 11.8. The van der Waals surface area contributed by atoms with E-state index in [0.717, 1.165) is 25.2 Å². The highest BCUT2D eigenvalue weighted by atomic mass is 32.2. The number of ketones is 1. The molecule has 5 heteroatoms. The van der Waals surface area contributed by atoms with Crippen molar-refractivity contribution < 1.29 is 14.3 Å². The van der Waals surface area contributed by atoms with Crippen molar-refractivity contribution >= 4 is 23.5 Å². The summed E-state index contributed by atoms with van der Waals surface area (Å²) in [6.07, 6.45) is 3.67. The van der Waals surface area contributed by atoms with Gasteiger partial charge in [-0.3, -0.25) is 9.59 Å². The second-order valence-corrected chi connectivity index (χ2v) is 5.60. The van der Waals surface area contributed by atoms with Crippen molar-refractivity contribution in [2.45, 2.75) is 31.8 Å². The van der Waals surface area contributed by atoms with Crippen LogP contribution in [0.2, 0.25) is 0 Å². The molecule has 2 rings (SSSR count). The van der Waals surface area contributed by atoms with Gasteiger partial charge in [-0.05, 0) is 12.8 Å². The second kappa shape index (κ2) is 6.40. The molecule has 0 bridgehead atoms. The van der Waals surface area contributed by atoms with E-state index in [2.05, 4.69) is 0 Å². The van der Waals surface area contributed by atoms with E-state index in [1.807, 2.05) is 4.90 Å². The molecule has 2 heterocycles. The van der Waals surface area contributed by atoms with Crippen LogP contribution >= 0.6 is 11.8 Å². The van der Waals surface area contributed by atoms with Gasteiger partial charge in [0, 0.05) is 38.3 Å². The van der Waals surface area contributed by atoms with E-state index in [1.165, 1.54) is 0 Å². The fraction of sp³-hybridized carbons (Fsp3) is 0.833. The Morgan fingerprint density at radius 1 is 1.41 bits per heavy atom. The first-order valence-electron chi connectivity index (χ1n) is 6.24. The third-order valence-corrected chi connectivity index (χ3v) is 4.29. The van der Waals surface area contributed by atoms with Crippen molar-refractivity contribution in [3.8, 4) is 0 Å². The van der Waals surface area contributed by atoms with Gasteiger partial charge in [-0.1, -0.05) is 0 Å². The average Bonchev–Trinajstić information content (AvgIpc) is 2.83. The number of rotatable bonds is 4. The van der Waals surface area contributed by atoms with Crippen molar-refractivity contribution in [1.82, 2.24) is 4.90 Å². The maximum Gasteiger partial charge on any atom is 0.232 e. The molecule has 1 atom stereocenters. The third kappa shape index (κ3) is 4.00. The lowest BCUT2D eigenvalue weighted by Crippen LogP contribution is -2.39. The average molecular weight is 257 g/mol. The van der Waals surface area contributed by atoms with Gasteiger partial charge >= 0.3 is 0 Å². The highest BCUT2D eigenvalue weighted by Gasteiger charge is 2.21. The van der Waals surface area contributed by atoms with Crippen LogP contribution in [-0.2, 0) is 14.3 Å². The number of carbonyl (C=O) groups is 2. The van der Waals surface area contributed by atoms with Crippen LogP contribution < -0.4 is 0 Å². The molecule has 0 radical (unpaired) electrons. The number of likely N-dealkylation sites (tertiary alicyclic amines) is 1. The molecule has 0 aromatic rings. The summed E-state index contributed by atoms with van der Waals surface area (Å²) in [4.78, 5) is 24.7. The van der Waals surface area contributed by atoms with Crippen molar-refractivity contribution in [2.24, 2.45) is 0 Å². The number of hydrogen-bond donors (Lipinski definition) is 0. The van der Waals surface area contributed by atoms with Crippen LogP contribution in [0.25, 0.3) is 0 Å². The van der Waals surface area contributed by atoms with Crippen molar-refractivity contribution in [3.05, 3.63) is 0 Å². The van der Waals surface area contributed by atoms with Crippen molar-refractivity contribution in [3.63, 3.8) is 0 Å². The molecule has 17 heavy (non-hydrogen) atoms. The van der Waals surface area contributed by atoms with Gasteiger partial charge in [-0.15, -0.1) is 11.8 Å². The number of ether oxygens (including phenoxy) is 1. The van der Waals surface area contributed by atoms with Gasteiger partial charge in [-0.2, -0.15) is 0 Å². The van der Waals surface area contributed by atoms with Crippen molar-refractivity contribution in [2.75, 3.05) is 31.2 Å². The summed E-state index contributed by atoms with van der Waals surface area (Å²) in [6.45, 7) is 2.09. The van der Waals surface area contributed by atoms with E-state index in [0.29, 0.717) is 37.8 Å². The van der Waals surface area contributed by atoms with Crippen molar-refractivity contribution in [1.29, 1.82) is 0 Å². The first kappa shape index (κ1) is 12.9. The van der Waals surface area contributed by atoms with Gasteiger partial charge in [0.1, 0.15) is 5.78 Å². The Hall–Kier alpha value is -0.550. The van der Waals surface area contributed by atoms with Crippen LogP contribution in [-0.4, -0.2) is 53.9 Å². The Labute approximate surface area is 106 Å². The number of nitrogens with zero attached hydrogens (tertiary/aromatic N) is 1. The third-order valence-electron chi connectivity index (χ3n) is 3.23. The van der Waals surface area contributed by atoms with E-state index in [1.54, 1.807) is 11.8 Å². The molecule has 2 aliphatic rings. The lowest BCUT2D eigenvalue weighted by atomic mass is 10.1. The highest BCUT2D eigenvalue weighted by Crippen LogP contribution is 2.17. The fourth-order valence-electron chi connectivity index (χ4n) is 2.15. The quantitative estimate of drug-likeness (QED) is 0.756. The fourth-order valence-corrected chi connectivity index (χ4v) is 3.15. The molecule has 2 fully saturated rings. The lowest BCUT2D eigenvalue weighted by molar-refractivity contribution is -0.132. The summed E-state index contributed by atoms with van der Waals surface area (Å²) in [5.41, 5.74) is 0. The van der Waals surface area contributed by atoms with E-state index in [-0.39, 0.29) is 11.7 Å². The summed E-state index contributed by atoms with van der Waals surface area (Å²) in [7, 11) is 0. The second-order valence-electron chi connectivity index (χ2n) is 4.57. The van der Waals surface area contributed by atoms with E-state index >= 15 is 0 Å². The van der Waals surface area contributed by atoms with Gasteiger partial charge < -0.3 is 9.64 Å². The Bertz CT molecular complexity index is 279. The lowest BCUT2D eigenvalue weighted by Gasteiger charge is -2.26. The first-order chi connectivity index (χ1) is 8.25. The molecule has 0 saturated carbocycles. The number of thioether (sulfide) groups is 1. The number of piperidine rings is 1. The van der Waals surface area contributed by atoms with Gasteiger partial charge in [0.15, 0.2) is 0 Å². The number of Topliss-reactive ketones (excluding diaryl/α,β-unsaturated/α-hetero) is 1. The van der Waals surface area contributed by atoms with Crippen LogP contribution in [0.5, 0.6) is 0 Å². The zero-order valence-corrected chi connectivity index (χ0v) is 10.8. The number of hydrogen-bond acceptors (Lipinski definition) is 4. The SMILES string of the molecule is O=C1CCN(C(=O)CSCC2CCCO2)CC1. The molecule has 96 valence electrons.